The number of imidazole rings is 1. The average Bonchev–Trinajstić information content (AvgIpc) is 2.78. The van der Waals surface area contributed by atoms with Crippen LogP contribution >= 0.6 is 15.9 Å². The Balaban J connectivity index is 2.13. The molecule has 96 valence electrons. The van der Waals surface area contributed by atoms with Gasteiger partial charge in [0.05, 0.1) is 0 Å². The summed E-state index contributed by atoms with van der Waals surface area (Å²) in [4.78, 5) is 7.80. The summed E-state index contributed by atoms with van der Waals surface area (Å²) in [5.41, 5.74) is 3.49. The predicted octanol–water partition coefficient (Wildman–Crippen LogP) is 3.65. The molecule has 1 aromatic heterocycles. The highest BCUT2D eigenvalue weighted by Crippen LogP contribution is 2.23. The number of hydrogen-bond donors (Lipinski definition) is 2. The molecule has 2 rings (SSSR count). The second kappa shape index (κ2) is 6.16. The predicted molar refractivity (Wildman–Crippen MR) is 78.5 cm³/mol. The number of benzene rings is 1. The second-order valence-electron chi connectivity index (χ2n) is 4.39. The van der Waals surface area contributed by atoms with E-state index in [0.29, 0.717) is 0 Å². The highest BCUT2D eigenvalue weighted by atomic mass is 79.9. The van der Waals surface area contributed by atoms with Gasteiger partial charge in [-0.15, -0.1) is 0 Å². The second-order valence-corrected chi connectivity index (χ2v) is 5.31. The van der Waals surface area contributed by atoms with Crippen LogP contribution in [-0.4, -0.2) is 16.5 Å². The summed E-state index contributed by atoms with van der Waals surface area (Å²) in [5, 5.41) is 3.36. The van der Waals surface area contributed by atoms with Gasteiger partial charge in [-0.25, -0.2) is 4.98 Å². The van der Waals surface area contributed by atoms with Gasteiger partial charge in [0.25, 0.3) is 0 Å². The molecule has 2 N–H and O–H groups in total. The molecule has 0 aliphatic heterocycles. The highest BCUT2D eigenvalue weighted by molar-refractivity contribution is 9.10. The van der Waals surface area contributed by atoms with Crippen LogP contribution in [0.4, 0.5) is 0 Å². The van der Waals surface area contributed by atoms with Crippen molar-refractivity contribution >= 4 is 15.9 Å². The maximum absolute atomic E-state index is 4.44. The fraction of sp³-hybridized carbons (Fsp3) is 0.357. The van der Waals surface area contributed by atoms with Crippen molar-refractivity contribution in [3.05, 3.63) is 40.1 Å². The summed E-state index contributed by atoms with van der Waals surface area (Å²) in [6, 6.07) is 6.23. The van der Waals surface area contributed by atoms with Crippen molar-refractivity contribution in [2.75, 3.05) is 6.54 Å². The van der Waals surface area contributed by atoms with Crippen LogP contribution in [0.2, 0.25) is 0 Å². The zero-order chi connectivity index (χ0) is 13.0. The van der Waals surface area contributed by atoms with Gasteiger partial charge in [-0.2, -0.15) is 0 Å². The van der Waals surface area contributed by atoms with E-state index in [2.05, 4.69) is 57.2 Å². The van der Waals surface area contributed by atoms with Crippen LogP contribution < -0.4 is 5.32 Å². The van der Waals surface area contributed by atoms with E-state index in [-0.39, 0.29) is 0 Å². The van der Waals surface area contributed by atoms with Crippen molar-refractivity contribution in [2.45, 2.75) is 26.8 Å². The Bertz CT molecular complexity index is 520. The smallest absolute Gasteiger partial charge is 0.137 e. The number of H-pyrrole nitrogens is 1. The summed E-state index contributed by atoms with van der Waals surface area (Å²) >= 11 is 3.48. The van der Waals surface area contributed by atoms with Crippen molar-refractivity contribution in [1.29, 1.82) is 0 Å². The van der Waals surface area contributed by atoms with Crippen LogP contribution in [0, 0.1) is 6.92 Å². The molecule has 2 aromatic rings. The molecular formula is C14H18BrN3. The van der Waals surface area contributed by atoms with Crippen molar-refractivity contribution in [3.63, 3.8) is 0 Å². The Morgan fingerprint density at radius 3 is 2.94 bits per heavy atom. The molecule has 0 amide bonds. The standard InChI is InChI=1S/C14H18BrN3/c1-3-6-16-8-12-9-17-14(18-12)13-5-4-11(15)7-10(13)2/h4-5,7,9,16H,3,6,8H2,1-2H3,(H,17,18). The number of hydrogen-bond acceptors (Lipinski definition) is 2. The molecule has 4 heteroatoms. The number of nitrogens with zero attached hydrogens (tertiary/aromatic N) is 1. The third-order valence-electron chi connectivity index (χ3n) is 2.81. The van der Waals surface area contributed by atoms with Gasteiger partial charge in [0.2, 0.25) is 0 Å². The number of aromatic amines is 1. The van der Waals surface area contributed by atoms with E-state index >= 15 is 0 Å². The Labute approximate surface area is 116 Å². The van der Waals surface area contributed by atoms with Gasteiger partial charge < -0.3 is 10.3 Å². The molecule has 0 fully saturated rings. The van der Waals surface area contributed by atoms with E-state index in [0.717, 1.165) is 41.1 Å². The summed E-state index contributed by atoms with van der Waals surface area (Å²) in [5.74, 6) is 0.938. The number of nitrogens with one attached hydrogen (secondary N) is 2. The molecule has 0 aliphatic rings. The molecule has 0 saturated heterocycles. The van der Waals surface area contributed by atoms with Crippen molar-refractivity contribution in [3.8, 4) is 11.4 Å². The van der Waals surface area contributed by atoms with Gasteiger partial charge >= 0.3 is 0 Å². The van der Waals surface area contributed by atoms with Gasteiger partial charge in [0.15, 0.2) is 0 Å². The zero-order valence-electron chi connectivity index (χ0n) is 10.8. The summed E-state index contributed by atoms with van der Waals surface area (Å²) < 4.78 is 1.10. The lowest BCUT2D eigenvalue weighted by Gasteiger charge is -2.03. The van der Waals surface area contributed by atoms with E-state index in [1.807, 2.05) is 12.3 Å². The monoisotopic (exact) mass is 307 g/mol. The van der Waals surface area contributed by atoms with E-state index in [1.54, 1.807) is 0 Å². The quantitative estimate of drug-likeness (QED) is 0.828. The third kappa shape index (κ3) is 3.21. The first kappa shape index (κ1) is 13.3. The molecule has 0 bridgehead atoms. The molecule has 0 radical (unpaired) electrons. The van der Waals surface area contributed by atoms with Crippen molar-refractivity contribution < 1.29 is 0 Å². The van der Waals surface area contributed by atoms with Crippen LogP contribution in [0.25, 0.3) is 11.4 Å². The molecule has 1 heterocycles. The van der Waals surface area contributed by atoms with Crippen LogP contribution in [-0.2, 0) is 6.54 Å². The summed E-state index contributed by atoms with van der Waals surface area (Å²) in [6.07, 6.45) is 3.05. The SMILES string of the molecule is CCCNCc1cnc(-c2ccc(Br)cc2C)[nH]1. The zero-order valence-corrected chi connectivity index (χ0v) is 12.3. The Kier molecular flexibility index (Phi) is 4.55. The minimum absolute atomic E-state index is 0.844. The van der Waals surface area contributed by atoms with Gasteiger partial charge in [-0.1, -0.05) is 22.9 Å². The first-order valence-electron chi connectivity index (χ1n) is 6.22. The fourth-order valence-electron chi connectivity index (χ4n) is 1.88. The minimum Gasteiger partial charge on any atom is -0.341 e. The maximum atomic E-state index is 4.44. The Hall–Kier alpha value is -1.13. The maximum Gasteiger partial charge on any atom is 0.137 e. The lowest BCUT2D eigenvalue weighted by molar-refractivity contribution is 0.667. The lowest BCUT2D eigenvalue weighted by Crippen LogP contribution is -2.13. The molecule has 0 unspecified atom stereocenters. The van der Waals surface area contributed by atoms with Crippen molar-refractivity contribution in [2.24, 2.45) is 0 Å². The number of aromatic nitrogens is 2. The summed E-state index contributed by atoms with van der Waals surface area (Å²) in [7, 11) is 0. The molecule has 0 atom stereocenters. The van der Waals surface area contributed by atoms with Crippen molar-refractivity contribution in [1.82, 2.24) is 15.3 Å². The fourth-order valence-corrected chi connectivity index (χ4v) is 2.35. The van der Waals surface area contributed by atoms with Crippen LogP contribution in [0.15, 0.2) is 28.9 Å². The minimum atomic E-state index is 0.844. The number of halogens is 1. The van der Waals surface area contributed by atoms with Crippen LogP contribution in [0.5, 0.6) is 0 Å². The molecule has 18 heavy (non-hydrogen) atoms. The third-order valence-corrected chi connectivity index (χ3v) is 3.31. The average molecular weight is 308 g/mol. The summed E-state index contributed by atoms with van der Waals surface area (Å²) in [6.45, 7) is 6.14. The first-order chi connectivity index (χ1) is 8.70. The Morgan fingerprint density at radius 1 is 1.39 bits per heavy atom. The molecule has 0 aliphatic carbocycles. The van der Waals surface area contributed by atoms with Gasteiger partial charge in [-0.05, 0) is 43.7 Å². The topological polar surface area (TPSA) is 40.7 Å². The first-order valence-corrected chi connectivity index (χ1v) is 7.01. The van der Waals surface area contributed by atoms with E-state index in [4.69, 9.17) is 0 Å². The van der Waals surface area contributed by atoms with E-state index < -0.39 is 0 Å². The molecule has 3 nitrogen and oxygen atoms in total. The molecule has 1 aromatic carbocycles. The van der Waals surface area contributed by atoms with Gasteiger partial charge in [-0.3, -0.25) is 0 Å². The van der Waals surface area contributed by atoms with Crippen LogP contribution in [0.1, 0.15) is 24.6 Å². The van der Waals surface area contributed by atoms with E-state index in [1.165, 1.54) is 5.56 Å². The number of aryl methyl sites for hydroxylation is 1. The van der Waals surface area contributed by atoms with Crippen LogP contribution in [0.3, 0.4) is 0 Å². The van der Waals surface area contributed by atoms with Gasteiger partial charge in [0, 0.05) is 28.5 Å². The number of rotatable bonds is 5. The lowest BCUT2D eigenvalue weighted by atomic mass is 10.1. The normalized spacial score (nSPS) is 10.8. The molecular weight excluding hydrogens is 290 g/mol. The Morgan fingerprint density at radius 2 is 2.22 bits per heavy atom. The molecule has 0 spiro atoms. The highest BCUT2D eigenvalue weighted by Gasteiger charge is 2.06. The largest absolute Gasteiger partial charge is 0.341 e. The van der Waals surface area contributed by atoms with Gasteiger partial charge in [0.1, 0.15) is 5.82 Å². The molecule has 0 saturated carbocycles. The van der Waals surface area contributed by atoms with E-state index in [9.17, 15) is 0 Å².